The smallest absolute Gasteiger partial charge is 0.226 e. The zero-order valence-electron chi connectivity index (χ0n) is 11.4. The van der Waals surface area contributed by atoms with Crippen LogP contribution in [0.25, 0.3) is 0 Å². The summed E-state index contributed by atoms with van der Waals surface area (Å²) in [6.45, 7) is 1.95. The highest BCUT2D eigenvalue weighted by atomic mass is 19.2. The van der Waals surface area contributed by atoms with Crippen molar-refractivity contribution in [2.24, 2.45) is 0 Å². The molecule has 1 aromatic carbocycles. The lowest BCUT2D eigenvalue weighted by Gasteiger charge is -2.22. The Kier molecular flexibility index (Phi) is 5.58. The van der Waals surface area contributed by atoms with Gasteiger partial charge in [0.25, 0.3) is 0 Å². The Morgan fingerprint density at radius 2 is 2.00 bits per heavy atom. The van der Waals surface area contributed by atoms with E-state index in [-0.39, 0.29) is 19.1 Å². The topological polar surface area (TPSA) is 50.4 Å². The van der Waals surface area contributed by atoms with Crippen LogP contribution in [0.15, 0.2) is 12.1 Å². The summed E-state index contributed by atoms with van der Waals surface area (Å²) in [7, 11) is 0. The van der Waals surface area contributed by atoms with Crippen LogP contribution < -0.4 is 10.6 Å². The van der Waals surface area contributed by atoms with Crippen molar-refractivity contribution in [1.82, 2.24) is 5.32 Å². The van der Waals surface area contributed by atoms with Gasteiger partial charge in [0.1, 0.15) is 5.82 Å². The molecule has 0 unspecified atom stereocenters. The van der Waals surface area contributed by atoms with Crippen LogP contribution in [0.1, 0.15) is 19.3 Å². The molecule has 1 fully saturated rings. The van der Waals surface area contributed by atoms with E-state index >= 15 is 0 Å². The van der Waals surface area contributed by atoms with E-state index in [1.54, 1.807) is 0 Å². The third-order valence-electron chi connectivity index (χ3n) is 3.24. The van der Waals surface area contributed by atoms with Crippen LogP contribution in [0.4, 0.5) is 18.9 Å². The second-order valence-corrected chi connectivity index (χ2v) is 4.87. The third-order valence-corrected chi connectivity index (χ3v) is 3.24. The van der Waals surface area contributed by atoms with Crippen LogP contribution in [-0.2, 0) is 9.53 Å². The summed E-state index contributed by atoms with van der Waals surface area (Å²) in [5.41, 5.74) is -0.501. The molecule has 0 radical (unpaired) electrons. The number of piperidine rings is 1. The predicted octanol–water partition coefficient (Wildman–Crippen LogP) is 2.20. The van der Waals surface area contributed by atoms with Gasteiger partial charge >= 0.3 is 0 Å². The highest BCUT2D eigenvalue weighted by Crippen LogP contribution is 2.19. The largest absolute Gasteiger partial charge is 0.378 e. The first-order chi connectivity index (χ1) is 10.1. The monoisotopic (exact) mass is 302 g/mol. The molecule has 0 saturated carbocycles. The molecule has 1 aliphatic heterocycles. The molecular formula is C14H17F3N2O2. The molecule has 0 bridgehead atoms. The Bertz CT molecular complexity index is 505. The van der Waals surface area contributed by atoms with Crippen molar-refractivity contribution in [3.05, 3.63) is 29.6 Å². The van der Waals surface area contributed by atoms with E-state index in [9.17, 15) is 18.0 Å². The Labute approximate surface area is 120 Å². The SMILES string of the molecule is O=C(CCOC1CCNCC1)Nc1cc(F)cc(F)c1F. The second kappa shape index (κ2) is 7.42. The van der Waals surface area contributed by atoms with Gasteiger partial charge in [-0.1, -0.05) is 0 Å². The van der Waals surface area contributed by atoms with Crippen molar-refractivity contribution in [2.45, 2.75) is 25.4 Å². The number of rotatable bonds is 5. The minimum atomic E-state index is -1.34. The van der Waals surface area contributed by atoms with E-state index in [0.29, 0.717) is 6.07 Å². The van der Waals surface area contributed by atoms with E-state index < -0.39 is 29.0 Å². The fraction of sp³-hybridized carbons (Fsp3) is 0.500. The third kappa shape index (κ3) is 4.71. The maximum Gasteiger partial charge on any atom is 0.226 e. The number of nitrogens with one attached hydrogen (secondary N) is 2. The first-order valence-electron chi connectivity index (χ1n) is 6.83. The van der Waals surface area contributed by atoms with Crippen molar-refractivity contribution in [1.29, 1.82) is 0 Å². The average Bonchev–Trinajstić information content (AvgIpc) is 2.45. The minimum Gasteiger partial charge on any atom is -0.378 e. The van der Waals surface area contributed by atoms with Gasteiger partial charge in [-0.05, 0) is 25.9 Å². The Morgan fingerprint density at radius 3 is 2.71 bits per heavy atom. The Balaban J connectivity index is 1.79. The van der Waals surface area contributed by atoms with E-state index in [4.69, 9.17) is 4.74 Å². The second-order valence-electron chi connectivity index (χ2n) is 4.87. The van der Waals surface area contributed by atoms with Gasteiger partial charge in [0.15, 0.2) is 11.6 Å². The van der Waals surface area contributed by atoms with Crippen molar-refractivity contribution in [2.75, 3.05) is 25.0 Å². The van der Waals surface area contributed by atoms with E-state index in [1.165, 1.54) is 0 Å². The molecule has 2 N–H and O–H groups in total. The number of benzene rings is 1. The molecule has 0 atom stereocenters. The van der Waals surface area contributed by atoms with Crippen LogP contribution >= 0.6 is 0 Å². The maximum absolute atomic E-state index is 13.4. The number of hydrogen-bond donors (Lipinski definition) is 2. The predicted molar refractivity (Wildman–Crippen MR) is 71.4 cm³/mol. The number of halogens is 3. The van der Waals surface area contributed by atoms with Crippen molar-refractivity contribution >= 4 is 11.6 Å². The molecule has 4 nitrogen and oxygen atoms in total. The molecule has 7 heteroatoms. The molecule has 21 heavy (non-hydrogen) atoms. The summed E-state index contributed by atoms with van der Waals surface area (Å²) in [4.78, 5) is 11.6. The lowest BCUT2D eigenvalue weighted by molar-refractivity contribution is -0.117. The van der Waals surface area contributed by atoms with Crippen molar-refractivity contribution < 1.29 is 22.7 Å². The lowest BCUT2D eigenvalue weighted by atomic mass is 10.1. The number of ether oxygens (including phenoxy) is 1. The minimum absolute atomic E-state index is 0.00149. The van der Waals surface area contributed by atoms with Crippen molar-refractivity contribution in [3.8, 4) is 0 Å². The van der Waals surface area contributed by atoms with Gasteiger partial charge in [0.2, 0.25) is 5.91 Å². The van der Waals surface area contributed by atoms with Gasteiger partial charge in [0.05, 0.1) is 24.8 Å². The average molecular weight is 302 g/mol. The van der Waals surface area contributed by atoms with Crippen LogP contribution in [0, 0.1) is 17.5 Å². The molecule has 0 spiro atoms. The number of carbonyl (C=O) groups is 1. The van der Waals surface area contributed by atoms with Crippen LogP contribution in [0.5, 0.6) is 0 Å². The molecule has 1 heterocycles. The molecule has 1 saturated heterocycles. The molecule has 0 aliphatic carbocycles. The first kappa shape index (κ1) is 15.8. The molecule has 116 valence electrons. The maximum atomic E-state index is 13.4. The fourth-order valence-electron chi connectivity index (χ4n) is 2.14. The number of anilines is 1. The van der Waals surface area contributed by atoms with Crippen molar-refractivity contribution in [3.63, 3.8) is 0 Å². The number of carbonyl (C=O) groups excluding carboxylic acids is 1. The molecule has 1 amide bonds. The zero-order chi connectivity index (χ0) is 15.2. The number of hydrogen-bond acceptors (Lipinski definition) is 3. The van der Waals surface area contributed by atoms with Gasteiger partial charge in [0, 0.05) is 12.1 Å². The first-order valence-corrected chi connectivity index (χ1v) is 6.83. The zero-order valence-corrected chi connectivity index (χ0v) is 11.4. The highest BCUT2D eigenvalue weighted by molar-refractivity contribution is 5.90. The molecular weight excluding hydrogens is 285 g/mol. The Hall–Kier alpha value is -1.60. The van der Waals surface area contributed by atoms with E-state index in [2.05, 4.69) is 10.6 Å². The van der Waals surface area contributed by atoms with Gasteiger partial charge in [-0.2, -0.15) is 0 Å². The van der Waals surface area contributed by atoms with Crippen LogP contribution in [0.2, 0.25) is 0 Å². The van der Waals surface area contributed by atoms with Gasteiger partial charge in [-0.3, -0.25) is 4.79 Å². The summed E-state index contributed by atoms with van der Waals surface area (Å²) in [5, 5.41) is 5.33. The van der Waals surface area contributed by atoms with Gasteiger partial charge < -0.3 is 15.4 Å². The summed E-state index contributed by atoms with van der Waals surface area (Å²) < 4.78 is 44.8. The standard InChI is InChI=1S/C14H17F3N2O2/c15-9-7-11(16)14(17)12(8-9)19-13(20)3-6-21-10-1-4-18-5-2-10/h7-8,10,18H,1-6H2,(H,19,20). The summed E-state index contributed by atoms with van der Waals surface area (Å²) in [6.07, 6.45) is 1.88. The van der Waals surface area contributed by atoms with Crippen LogP contribution in [0.3, 0.4) is 0 Å². The normalized spacial score (nSPS) is 16.0. The van der Waals surface area contributed by atoms with E-state index in [0.717, 1.165) is 32.0 Å². The van der Waals surface area contributed by atoms with Crippen LogP contribution in [-0.4, -0.2) is 31.7 Å². The summed E-state index contributed by atoms with van der Waals surface area (Å²) in [5.74, 6) is -4.11. The highest BCUT2D eigenvalue weighted by Gasteiger charge is 2.15. The molecule has 1 aromatic rings. The Morgan fingerprint density at radius 1 is 1.29 bits per heavy atom. The molecule has 1 aliphatic rings. The van der Waals surface area contributed by atoms with Gasteiger partial charge in [-0.25, -0.2) is 13.2 Å². The summed E-state index contributed by atoms with van der Waals surface area (Å²) >= 11 is 0. The quantitative estimate of drug-likeness (QED) is 0.820. The van der Waals surface area contributed by atoms with Gasteiger partial charge in [-0.15, -0.1) is 0 Å². The molecule has 2 rings (SSSR count). The lowest BCUT2D eigenvalue weighted by Crippen LogP contribution is -2.33. The fourth-order valence-corrected chi connectivity index (χ4v) is 2.14. The van der Waals surface area contributed by atoms with E-state index in [1.807, 2.05) is 0 Å². The number of amides is 1. The summed E-state index contributed by atoms with van der Waals surface area (Å²) in [6, 6.07) is 1.16. The molecule has 0 aromatic heterocycles.